The van der Waals surface area contributed by atoms with Gasteiger partial charge in [0, 0.05) is 79.1 Å². The summed E-state index contributed by atoms with van der Waals surface area (Å²) >= 11 is 0. The fourth-order valence-electron chi connectivity index (χ4n) is 7.73. The van der Waals surface area contributed by atoms with Crippen molar-refractivity contribution in [2.45, 2.75) is 58.1 Å². The number of aryl methyl sites for hydroxylation is 1. The Morgan fingerprint density at radius 3 is 2.43 bits per heavy atom. The van der Waals surface area contributed by atoms with Crippen LogP contribution < -0.4 is 21.2 Å². The summed E-state index contributed by atoms with van der Waals surface area (Å²) in [6, 6.07) is 19.2. The first kappa shape index (κ1) is 36.6. The van der Waals surface area contributed by atoms with E-state index in [4.69, 9.17) is 15.7 Å². The molecule has 5 aromatic rings. The van der Waals surface area contributed by atoms with E-state index in [0.29, 0.717) is 66.0 Å². The molecule has 1 aliphatic heterocycles. The number of anilines is 2. The quantitative estimate of drug-likeness (QED) is 0.143. The van der Waals surface area contributed by atoms with Crippen molar-refractivity contribution in [2.75, 3.05) is 24.1 Å². The number of hydrogen-bond donors (Lipinski definition) is 2. The minimum Gasteiger partial charge on any atom is -0.481 e. The summed E-state index contributed by atoms with van der Waals surface area (Å²) in [6.45, 7) is 3.91. The van der Waals surface area contributed by atoms with Crippen molar-refractivity contribution in [3.05, 3.63) is 113 Å². The number of amides is 2. The second-order valence-corrected chi connectivity index (χ2v) is 15.3. The van der Waals surface area contributed by atoms with Crippen molar-refractivity contribution in [1.82, 2.24) is 19.4 Å². The number of nitrogens with one attached hydrogen (secondary N) is 1. The van der Waals surface area contributed by atoms with Crippen molar-refractivity contribution in [3.63, 3.8) is 0 Å². The maximum atomic E-state index is 15.8. The van der Waals surface area contributed by atoms with E-state index in [1.165, 1.54) is 18.6 Å². The zero-order valence-electron chi connectivity index (χ0n) is 31.1. The van der Waals surface area contributed by atoms with Crippen LogP contribution in [0.5, 0.6) is 5.75 Å². The largest absolute Gasteiger partial charge is 0.481 e. The average molecular weight is 752 g/mol. The predicted octanol–water partition coefficient (Wildman–Crippen LogP) is 7.25. The third-order valence-corrected chi connectivity index (χ3v) is 11.3. The number of hydrogen-bond acceptors (Lipinski definition) is 8. The average Bonchev–Trinajstić information content (AvgIpc) is 3.50. The van der Waals surface area contributed by atoms with Gasteiger partial charge in [0.25, 0.3) is 11.8 Å². The number of ether oxygens (including phenoxy) is 1. The van der Waals surface area contributed by atoms with E-state index in [1.54, 1.807) is 55.1 Å². The number of nitrogen functional groups attached to an aromatic ring is 1. The number of pyridine rings is 3. The van der Waals surface area contributed by atoms with Crippen molar-refractivity contribution >= 4 is 23.3 Å². The van der Waals surface area contributed by atoms with Crippen LogP contribution in [0.25, 0.3) is 33.5 Å². The van der Waals surface area contributed by atoms with Crippen LogP contribution in [0.1, 0.15) is 54.4 Å². The number of nitrogens with zero attached hydrogens (tertiary/aromatic N) is 5. The standard InChI is InChI=1S/C44H42FN7O4/c1-26-5-12-39(48-20-26)36-24-51(22-27-3-2-4-27)25-37(41(36)53)43(54)50-32-8-11-34(38(45)18-32)35-17-31(21-49-42(35)47)30-6-9-33(10-7-30)56-40-13-14-52(44(40)55)23-29-15-28(16-29)19-46/h5-12,17-18,20-21,24-25,27-29,40H,2-4,13-16,22-23H2,1H3,(H2,47,49)(H,50,54)/t28?,29?,40-/m1/s1. The van der Waals surface area contributed by atoms with Crippen LogP contribution in [-0.2, 0) is 11.3 Å². The van der Waals surface area contributed by atoms with Crippen molar-refractivity contribution in [1.29, 1.82) is 5.26 Å². The first-order valence-corrected chi connectivity index (χ1v) is 19.1. The molecule has 2 aromatic carbocycles. The first-order valence-electron chi connectivity index (χ1n) is 19.1. The number of aromatic nitrogens is 3. The third-order valence-electron chi connectivity index (χ3n) is 11.3. The Bertz CT molecular complexity index is 2400. The summed E-state index contributed by atoms with van der Waals surface area (Å²) < 4.78 is 23.8. The lowest BCUT2D eigenvalue weighted by molar-refractivity contribution is -0.134. The molecule has 2 saturated carbocycles. The zero-order chi connectivity index (χ0) is 38.9. The van der Waals surface area contributed by atoms with E-state index >= 15 is 4.39 Å². The second-order valence-electron chi connectivity index (χ2n) is 15.3. The smallest absolute Gasteiger partial charge is 0.263 e. The van der Waals surface area contributed by atoms with Gasteiger partial charge in [0.2, 0.25) is 5.43 Å². The lowest BCUT2D eigenvalue weighted by Gasteiger charge is -2.33. The minimum absolute atomic E-state index is 0.0261. The van der Waals surface area contributed by atoms with Gasteiger partial charge in [-0.05, 0) is 98.0 Å². The van der Waals surface area contributed by atoms with E-state index < -0.39 is 23.3 Å². The van der Waals surface area contributed by atoms with Crippen LogP contribution in [0.2, 0.25) is 0 Å². The van der Waals surface area contributed by atoms with Crippen LogP contribution in [-0.4, -0.2) is 50.4 Å². The van der Waals surface area contributed by atoms with Gasteiger partial charge in [-0.1, -0.05) is 24.6 Å². The number of carbonyl (C=O) groups excluding carboxylic acids is 2. The summed E-state index contributed by atoms with van der Waals surface area (Å²) in [6.07, 6.45) is 11.7. The number of rotatable bonds is 11. The molecule has 2 aliphatic carbocycles. The van der Waals surface area contributed by atoms with Crippen LogP contribution in [0.15, 0.2) is 90.2 Å². The summed E-state index contributed by atoms with van der Waals surface area (Å²) in [4.78, 5) is 50.8. The summed E-state index contributed by atoms with van der Waals surface area (Å²) in [5.41, 5.74) is 9.74. The molecule has 1 atom stereocenters. The summed E-state index contributed by atoms with van der Waals surface area (Å²) in [5.74, 6) is 0.356. The van der Waals surface area contributed by atoms with Crippen molar-refractivity contribution < 1.29 is 18.7 Å². The Morgan fingerprint density at radius 2 is 1.73 bits per heavy atom. The van der Waals surface area contributed by atoms with Gasteiger partial charge in [0.15, 0.2) is 6.10 Å². The molecule has 0 bridgehead atoms. The molecule has 3 fully saturated rings. The van der Waals surface area contributed by atoms with Gasteiger partial charge in [0.05, 0.1) is 17.3 Å². The van der Waals surface area contributed by atoms with Gasteiger partial charge >= 0.3 is 0 Å². The van der Waals surface area contributed by atoms with E-state index in [9.17, 15) is 14.4 Å². The molecule has 11 nitrogen and oxygen atoms in total. The van der Waals surface area contributed by atoms with E-state index in [2.05, 4.69) is 21.4 Å². The van der Waals surface area contributed by atoms with Gasteiger partial charge < -0.3 is 25.3 Å². The molecule has 12 heteroatoms. The number of benzene rings is 2. The van der Waals surface area contributed by atoms with Crippen LogP contribution in [0.3, 0.4) is 0 Å². The fraction of sp³-hybridized carbons (Fsp3) is 0.318. The van der Waals surface area contributed by atoms with E-state index in [-0.39, 0.29) is 34.5 Å². The lowest BCUT2D eigenvalue weighted by Crippen LogP contribution is -2.39. The highest BCUT2D eigenvalue weighted by atomic mass is 19.1. The molecule has 8 rings (SSSR count). The summed E-state index contributed by atoms with van der Waals surface area (Å²) in [5, 5.41) is 11.8. The number of likely N-dealkylation sites (tertiary alicyclic amines) is 1. The maximum absolute atomic E-state index is 15.8. The second kappa shape index (κ2) is 15.4. The molecule has 56 heavy (non-hydrogen) atoms. The Hall–Kier alpha value is -6.35. The fourth-order valence-corrected chi connectivity index (χ4v) is 7.73. The van der Waals surface area contributed by atoms with Crippen molar-refractivity contribution in [2.24, 2.45) is 17.8 Å². The highest BCUT2D eigenvalue weighted by Crippen LogP contribution is 2.36. The molecule has 3 aliphatic rings. The molecule has 0 radical (unpaired) electrons. The molecule has 0 spiro atoms. The SMILES string of the molecule is Cc1ccc(-c2cn(CC3CCC3)cc(C(=O)Nc3ccc(-c4cc(-c5ccc(O[C@@H]6CCN(CC7CC(C#N)C7)C6=O)cc5)cnc4N)c(F)c3)c2=O)nc1. The number of halogens is 1. The molecule has 4 heterocycles. The lowest BCUT2D eigenvalue weighted by atomic mass is 9.75. The monoisotopic (exact) mass is 751 g/mol. The zero-order valence-corrected chi connectivity index (χ0v) is 31.1. The molecular weight excluding hydrogens is 710 g/mol. The van der Waals surface area contributed by atoms with Gasteiger partial charge in [0.1, 0.15) is 22.9 Å². The Labute approximate surface area is 324 Å². The number of nitrogens with two attached hydrogens (primary N) is 1. The van der Waals surface area contributed by atoms with Gasteiger partial charge in [-0.2, -0.15) is 5.26 Å². The molecular formula is C44H42FN7O4. The van der Waals surface area contributed by atoms with E-state index in [0.717, 1.165) is 36.8 Å². The Morgan fingerprint density at radius 1 is 0.929 bits per heavy atom. The van der Waals surface area contributed by atoms with Gasteiger partial charge in [-0.15, -0.1) is 0 Å². The molecule has 3 N–H and O–H groups in total. The maximum Gasteiger partial charge on any atom is 0.263 e. The first-order chi connectivity index (χ1) is 27.1. The normalized spacial score (nSPS) is 19.2. The number of nitriles is 1. The van der Waals surface area contributed by atoms with Crippen LogP contribution >= 0.6 is 0 Å². The van der Waals surface area contributed by atoms with Crippen LogP contribution in [0.4, 0.5) is 15.9 Å². The van der Waals surface area contributed by atoms with E-state index in [1.807, 2.05) is 34.6 Å². The minimum atomic E-state index is -0.646. The topological polar surface area (TPSA) is 156 Å². The van der Waals surface area contributed by atoms with Gasteiger partial charge in [-0.25, -0.2) is 9.37 Å². The highest BCUT2D eigenvalue weighted by molar-refractivity contribution is 6.04. The highest BCUT2D eigenvalue weighted by Gasteiger charge is 2.38. The molecule has 3 aromatic heterocycles. The predicted molar refractivity (Wildman–Crippen MR) is 211 cm³/mol. The number of carbonyl (C=O) groups is 2. The molecule has 284 valence electrons. The molecule has 2 amide bonds. The Balaban J connectivity index is 0.959. The van der Waals surface area contributed by atoms with Gasteiger partial charge in [-0.3, -0.25) is 19.4 Å². The van der Waals surface area contributed by atoms with Crippen molar-refractivity contribution in [3.8, 4) is 45.3 Å². The molecule has 1 saturated heterocycles. The van der Waals surface area contributed by atoms with Crippen LogP contribution in [0, 0.1) is 41.8 Å². The Kier molecular flexibility index (Phi) is 10.1. The third kappa shape index (κ3) is 7.62. The molecule has 0 unspecified atom stereocenters. The summed E-state index contributed by atoms with van der Waals surface area (Å²) in [7, 11) is 0.